The Balaban J connectivity index is 1.74. The van der Waals surface area contributed by atoms with E-state index >= 15 is 0 Å². The highest BCUT2D eigenvalue weighted by Gasteiger charge is 2.16. The lowest BCUT2D eigenvalue weighted by Gasteiger charge is -2.04. The number of H-pyrrole nitrogens is 1. The van der Waals surface area contributed by atoms with Crippen molar-refractivity contribution >= 4 is 0 Å². The summed E-state index contributed by atoms with van der Waals surface area (Å²) in [5.74, 6) is 1.74. The van der Waals surface area contributed by atoms with Gasteiger partial charge in [-0.15, -0.1) is 0 Å². The SMILES string of the molecule is c1ccc(-c2ncc(CC3CCNC3)[nH]2)cc1. The summed E-state index contributed by atoms with van der Waals surface area (Å²) in [4.78, 5) is 7.87. The molecule has 1 fully saturated rings. The number of nitrogens with one attached hydrogen (secondary N) is 2. The van der Waals surface area contributed by atoms with Gasteiger partial charge in [0, 0.05) is 17.5 Å². The number of aromatic amines is 1. The van der Waals surface area contributed by atoms with E-state index in [-0.39, 0.29) is 0 Å². The number of rotatable bonds is 3. The third-order valence-corrected chi connectivity index (χ3v) is 3.35. The predicted octanol–water partition coefficient (Wildman–Crippen LogP) is 2.23. The third kappa shape index (κ3) is 2.39. The Morgan fingerprint density at radius 3 is 2.88 bits per heavy atom. The van der Waals surface area contributed by atoms with Gasteiger partial charge in [0.2, 0.25) is 0 Å². The van der Waals surface area contributed by atoms with Crippen LogP contribution in [0.5, 0.6) is 0 Å². The number of hydrogen-bond acceptors (Lipinski definition) is 2. The molecule has 1 atom stereocenters. The first-order valence-corrected chi connectivity index (χ1v) is 6.22. The maximum absolute atomic E-state index is 4.45. The molecule has 3 heteroatoms. The molecule has 0 spiro atoms. The largest absolute Gasteiger partial charge is 0.342 e. The fraction of sp³-hybridized carbons (Fsp3) is 0.357. The minimum atomic E-state index is 0.763. The molecular formula is C14H17N3. The first kappa shape index (κ1) is 10.5. The molecule has 2 N–H and O–H groups in total. The minimum absolute atomic E-state index is 0.763. The fourth-order valence-electron chi connectivity index (χ4n) is 2.41. The smallest absolute Gasteiger partial charge is 0.137 e. The van der Waals surface area contributed by atoms with Crippen LogP contribution in [0.4, 0.5) is 0 Å². The van der Waals surface area contributed by atoms with Gasteiger partial charge in [0.05, 0.1) is 0 Å². The maximum Gasteiger partial charge on any atom is 0.137 e. The van der Waals surface area contributed by atoms with Crippen molar-refractivity contribution in [2.45, 2.75) is 12.8 Å². The zero-order chi connectivity index (χ0) is 11.5. The summed E-state index contributed by atoms with van der Waals surface area (Å²) in [6, 6.07) is 10.3. The van der Waals surface area contributed by atoms with Gasteiger partial charge in [-0.3, -0.25) is 0 Å². The summed E-state index contributed by atoms with van der Waals surface area (Å²) in [6.45, 7) is 2.30. The Bertz CT molecular complexity index is 469. The van der Waals surface area contributed by atoms with Crippen molar-refractivity contribution in [2.24, 2.45) is 5.92 Å². The van der Waals surface area contributed by atoms with Crippen LogP contribution in [-0.2, 0) is 6.42 Å². The molecule has 2 heterocycles. The first-order chi connectivity index (χ1) is 8.42. The molecule has 88 valence electrons. The molecule has 3 nitrogen and oxygen atoms in total. The molecule has 1 aromatic carbocycles. The van der Waals surface area contributed by atoms with E-state index in [1.807, 2.05) is 24.4 Å². The summed E-state index contributed by atoms with van der Waals surface area (Å²) < 4.78 is 0. The van der Waals surface area contributed by atoms with Crippen LogP contribution in [0.1, 0.15) is 12.1 Å². The second-order valence-corrected chi connectivity index (χ2v) is 4.69. The molecule has 1 aliphatic heterocycles. The predicted molar refractivity (Wildman–Crippen MR) is 68.7 cm³/mol. The number of nitrogens with zero attached hydrogens (tertiary/aromatic N) is 1. The van der Waals surface area contributed by atoms with E-state index in [4.69, 9.17) is 0 Å². The standard InChI is InChI=1S/C14H17N3/c1-2-4-12(5-3-1)14-16-10-13(17-14)8-11-6-7-15-9-11/h1-5,10-11,15H,6-9H2,(H,16,17). The van der Waals surface area contributed by atoms with Gasteiger partial charge in [-0.25, -0.2) is 4.98 Å². The third-order valence-electron chi connectivity index (χ3n) is 3.35. The summed E-state index contributed by atoms with van der Waals surface area (Å²) in [5.41, 5.74) is 2.40. The van der Waals surface area contributed by atoms with Crippen LogP contribution in [0.25, 0.3) is 11.4 Å². The van der Waals surface area contributed by atoms with Crippen molar-refractivity contribution in [1.82, 2.24) is 15.3 Å². The van der Waals surface area contributed by atoms with E-state index < -0.39 is 0 Å². The number of imidazole rings is 1. The molecule has 0 radical (unpaired) electrons. The fourth-order valence-corrected chi connectivity index (χ4v) is 2.41. The van der Waals surface area contributed by atoms with Crippen LogP contribution >= 0.6 is 0 Å². The summed E-state index contributed by atoms with van der Waals surface area (Å²) >= 11 is 0. The summed E-state index contributed by atoms with van der Waals surface area (Å²) in [6.07, 6.45) is 4.35. The Morgan fingerprint density at radius 1 is 1.24 bits per heavy atom. The van der Waals surface area contributed by atoms with Gasteiger partial charge in [-0.1, -0.05) is 30.3 Å². The van der Waals surface area contributed by atoms with Crippen LogP contribution in [-0.4, -0.2) is 23.1 Å². The minimum Gasteiger partial charge on any atom is -0.342 e. The molecule has 3 rings (SSSR count). The molecule has 0 saturated carbocycles. The van der Waals surface area contributed by atoms with Gasteiger partial charge in [-0.05, 0) is 31.8 Å². The lowest BCUT2D eigenvalue weighted by molar-refractivity contribution is 0.573. The number of aromatic nitrogens is 2. The van der Waals surface area contributed by atoms with E-state index in [2.05, 4.69) is 27.4 Å². The zero-order valence-electron chi connectivity index (χ0n) is 9.82. The Hall–Kier alpha value is -1.61. The molecule has 1 saturated heterocycles. The Morgan fingerprint density at radius 2 is 2.12 bits per heavy atom. The van der Waals surface area contributed by atoms with E-state index in [0.29, 0.717) is 0 Å². The van der Waals surface area contributed by atoms with Crippen LogP contribution in [0.2, 0.25) is 0 Å². The normalized spacial score (nSPS) is 19.6. The van der Waals surface area contributed by atoms with E-state index in [1.165, 1.54) is 12.1 Å². The molecule has 0 aliphatic carbocycles. The molecule has 2 aromatic rings. The van der Waals surface area contributed by atoms with Gasteiger partial charge in [0.1, 0.15) is 5.82 Å². The highest BCUT2D eigenvalue weighted by atomic mass is 14.9. The highest BCUT2D eigenvalue weighted by molar-refractivity contribution is 5.54. The highest BCUT2D eigenvalue weighted by Crippen LogP contribution is 2.18. The van der Waals surface area contributed by atoms with Gasteiger partial charge in [-0.2, -0.15) is 0 Å². The molecule has 1 aliphatic rings. The van der Waals surface area contributed by atoms with Gasteiger partial charge >= 0.3 is 0 Å². The van der Waals surface area contributed by atoms with Crippen molar-refractivity contribution in [1.29, 1.82) is 0 Å². The Kier molecular flexibility index (Phi) is 2.92. The van der Waals surface area contributed by atoms with Gasteiger partial charge in [0.15, 0.2) is 0 Å². The lowest BCUT2D eigenvalue weighted by Crippen LogP contribution is -2.10. The van der Waals surface area contributed by atoms with Crippen molar-refractivity contribution in [3.05, 3.63) is 42.2 Å². The number of hydrogen-bond donors (Lipinski definition) is 2. The zero-order valence-corrected chi connectivity index (χ0v) is 9.82. The van der Waals surface area contributed by atoms with Crippen molar-refractivity contribution in [3.8, 4) is 11.4 Å². The van der Waals surface area contributed by atoms with Crippen LogP contribution in [0.3, 0.4) is 0 Å². The van der Waals surface area contributed by atoms with Gasteiger partial charge < -0.3 is 10.3 Å². The van der Waals surface area contributed by atoms with Crippen molar-refractivity contribution < 1.29 is 0 Å². The summed E-state index contributed by atoms with van der Waals surface area (Å²) in [7, 11) is 0. The monoisotopic (exact) mass is 227 g/mol. The summed E-state index contributed by atoms with van der Waals surface area (Å²) in [5, 5.41) is 3.40. The topological polar surface area (TPSA) is 40.7 Å². The molecule has 0 bridgehead atoms. The second kappa shape index (κ2) is 4.72. The molecule has 1 unspecified atom stereocenters. The van der Waals surface area contributed by atoms with E-state index in [1.54, 1.807) is 0 Å². The van der Waals surface area contributed by atoms with Crippen molar-refractivity contribution in [2.75, 3.05) is 13.1 Å². The van der Waals surface area contributed by atoms with Crippen LogP contribution in [0, 0.1) is 5.92 Å². The average molecular weight is 227 g/mol. The molecular weight excluding hydrogens is 210 g/mol. The number of benzene rings is 1. The molecule has 1 aromatic heterocycles. The second-order valence-electron chi connectivity index (χ2n) is 4.69. The average Bonchev–Trinajstić information content (AvgIpc) is 3.02. The Labute approximate surface area is 101 Å². The quantitative estimate of drug-likeness (QED) is 0.844. The molecule has 17 heavy (non-hydrogen) atoms. The van der Waals surface area contributed by atoms with Crippen LogP contribution < -0.4 is 5.32 Å². The maximum atomic E-state index is 4.45. The lowest BCUT2D eigenvalue weighted by atomic mass is 10.0. The molecule has 0 amide bonds. The van der Waals surface area contributed by atoms with E-state index in [0.717, 1.165) is 36.8 Å². The van der Waals surface area contributed by atoms with Gasteiger partial charge in [0.25, 0.3) is 0 Å². The first-order valence-electron chi connectivity index (χ1n) is 6.22. The van der Waals surface area contributed by atoms with Crippen molar-refractivity contribution in [3.63, 3.8) is 0 Å². The van der Waals surface area contributed by atoms with E-state index in [9.17, 15) is 0 Å². The van der Waals surface area contributed by atoms with Crippen LogP contribution in [0.15, 0.2) is 36.5 Å².